The van der Waals surface area contributed by atoms with Crippen molar-refractivity contribution in [1.82, 2.24) is 15.0 Å². The third kappa shape index (κ3) is 10.6. The first-order valence-corrected chi connectivity index (χ1v) is 8.29. The maximum absolute atomic E-state index is 11.9. The normalized spacial score (nSPS) is 9.72. The van der Waals surface area contributed by atoms with E-state index in [9.17, 15) is 4.79 Å². The topological polar surface area (TPSA) is 59.8 Å². The first-order valence-electron chi connectivity index (χ1n) is 8.29. The molecule has 0 aliphatic carbocycles. The van der Waals surface area contributed by atoms with Crippen LogP contribution in [0.1, 0.15) is 58.3 Å². The van der Waals surface area contributed by atoms with Gasteiger partial charge in [0, 0.05) is 87.3 Å². The summed E-state index contributed by atoms with van der Waals surface area (Å²) in [7, 11) is 1.85. The standard InChI is InChI=1S/C14H18N4O.2C2H6.2U/c1-10(14-11(2)18(3)17-16-14)9-13(19)15-12-7-5-4-6-8-12;2*1-2;;/h4-8,10H,9H2,1-3H3,(H,15,19);2*1-2H3;;/t10-;;;;/m0..../s1. The molecule has 0 aliphatic rings. The van der Waals surface area contributed by atoms with Crippen LogP contribution in [0.2, 0.25) is 0 Å². The van der Waals surface area contributed by atoms with Crippen LogP contribution in [0, 0.1) is 69.2 Å². The number of nitrogens with zero attached hydrogens (tertiary/aromatic N) is 3. The van der Waals surface area contributed by atoms with Crippen LogP contribution in [0.25, 0.3) is 0 Å². The van der Waals surface area contributed by atoms with Crippen LogP contribution in [0.5, 0.6) is 0 Å². The van der Waals surface area contributed by atoms with E-state index in [4.69, 9.17) is 0 Å². The van der Waals surface area contributed by atoms with Crippen molar-refractivity contribution in [3.63, 3.8) is 0 Å². The predicted molar refractivity (Wildman–Crippen MR) is 96.5 cm³/mol. The maximum atomic E-state index is 11.9. The zero-order valence-electron chi connectivity index (χ0n) is 16.4. The smallest absolute Gasteiger partial charge is 0.225 e. The van der Waals surface area contributed by atoms with Gasteiger partial charge in [0.25, 0.3) is 0 Å². The van der Waals surface area contributed by atoms with Crippen molar-refractivity contribution in [3.8, 4) is 0 Å². The van der Waals surface area contributed by atoms with E-state index in [2.05, 4.69) is 15.6 Å². The monoisotopic (exact) mass is 794 g/mol. The summed E-state index contributed by atoms with van der Waals surface area (Å²) < 4.78 is 1.72. The Morgan fingerprint density at radius 1 is 1.12 bits per heavy atom. The van der Waals surface area contributed by atoms with E-state index in [1.807, 2.05) is 78.9 Å². The minimum absolute atomic E-state index is 0. The Morgan fingerprint density at radius 3 is 2.08 bits per heavy atom. The summed E-state index contributed by atoms with van der Waals surface area (Å²) in [5.74, 6) is 0.0427. The number of carbonyl (C=O) groups excluding carboxylic acids is 1. The molecule has 7 heteroatoms. The molecule has 2 rings (SSSR count). The minimum atomic E-state index is -0.0104. The van der Waals surface area contributed by atoms with Gasteiger partial charge in [-0.25, -0.2) is 0 Å². The summed E-state index contributed by atoms with van der Waals surface area (Å²) in [6.45, 7) is 11.9. The first-order chi connectivity index (χ1) is 11.1. The summed E-state index contributed by atoms with van der Waals surface area (Å²) in [5, 5.41) is 10.9. The second-order valence-electron chi connectivity index (χ2n) is 4.70. The van der Waals surface area contributed by atoms with E-state index in [-0.39, 0.29) is 74.1 Å². The third-order valence-corrected chi connectivity index (χ3v) is 3.16. The van der Waals surface area contributed by atoms with E-state index < -0.39 is 0 Å². The number of para-hydroxylation sites is 1. The molecule has 5 nitrogen and oxygen atoms in total. The van der Waals surface area contributed by atoms with Crippen molar-refractivity contribution in [2.45, 2.75) is 53.9 Å². The third-order valence-electron chi connectivity index (χ3n) is 3.16. The number of aryl methyl sites for hydroxylation is 1. The van der Waals surface area contributed by atoms with Gasteiger partial charge in [-0.1, -0.05) is 58.0 Å². The average molecular weight is 795 g/mol. The van der Waals surface area contributed by atoms with Gasteiger partial charge in [-0.05, 0) is 19.1 Å². The van der Waals surface area contributed by atoms with Crippen LogP contribution in [0.4, 0.5) is 5.69 Å². The van der Waals surface area contributed by atoms with Crippen molar-refractivity contribution in [1.29, 1.82) is 0 Å². The van der Waals surface area contributed by atoms with Crippen LogP contribution in [-0.4, -0.2) is 20.9 Å². The maximum Gasteiger partial charge on any atom is 0.225 e. The zero-order chi connectivity index (χ0) is 17.8. The number of hydrogen-bond donors (Lipinski definition) is 1. The van der Waals surface area contributed by atoms with E-state index in [0.29, 0.717) is 6.42 Å². The van der Waals surface area contributed by atoms with Gasteiger partial charge in [-0.2, -0.15) is 0 Å². The molecule has 1 N–H and O–H groups in total. The van der Waals surface area contributed by atoms with E-state index >= 15 is 0 Å². The van der Waals surface area contributed by atoms with Gasteiger partial charge >= 0.3 is 0 Å². The Hall–Kier alpha value is -0.0661. The molecular weight excluding hydrogens is 764 g/mol. The molecular formula is C18H30N4OU2. The molecule has 1 heterocycles. The molecule has 1 aromatic carbocycles. The molecule has 136 valence electrons. The molecule has 2 aromatic rings. The van der Waals surface area contributed by atoms with Crippen LogP contribution >= 0.6 is 0 Å². The number of rotatable bonds is 4. The summed E-state index contributed by atoms with van der Waals surface area (Å²) >= 11 is 0. The van der Waals surface area contributed by atoms with Crippen LogP contribution < -0.4 is 5.32 Å². The Morgan fingerprint density at radius 2 is 1.64 bits per heavy atom. The molecule has 1 amide bonds. The van der Waals surface area contributed by atoms with Crippen molar-refractivity contribution < 1.29 is 67.0 Å². The quantitative estimate of drug-likeness (QED) is 0.503. The van der Waals surface area contributed by atoms with Crippen LogP contribution in [0.3, 0.4) is 0 Å². The molecule has 1 aromatic heterocycles. The van der Waals surface area contributed by atoms with Gasteiger partial charge in [0.05, 0.1) is 11.4 Å². The van der Waals surface area contributed by atoms with E-state index in [0.717, 1.165) is 17.1 Å². The van der Waals surface area contributed by atoms with Gasteiger partial charge in [-0.15, -0.1) is 5.10 Å². The number of benzene rings is 1. The van der Waals surface area contributed by atoms with E-state index in [1.165, 1.54) is 0 Å². The van der Waals surface area contributed by atoms with Crippen molar-refractivity contribution in [2.75, 3.05) is 5.32 Å². The molecule has 1 atom stereocenters. The van der Waals surface area contributed by atoms with Crippen molar-refractivity contribution in [3.05, 3.63) is 41.7 Å². The Balaban J connectivity index is -0.000000752. The Bertz CT molecular complexity index is 574. The zero-order valence-corrected chi connectivity index (χ0v) is 24.7. The summed E-state index contributed by atoms with van der Waals surface area (Å²) in [4.78, 5) is 11.9. The van der Waals surface area contributed by atoms with Crippen molar-refractivity contribution in [2.24, 2.45) is 7.05 Å². The van der Waals surface area contributed by atoms with Gasteiger partial charge in [0.15, 0.2) is 0 Å². The molecule has 0 spiro atoms. The van der Waals surface area contributed by atoms with Crippen LogP contribution in [-0.2, 0) is 11.8 Å². The fraction of sp³-hybridized carbons (Fsp3) is 0.500. The van der Waals surface area contributed by atoms with E-state index in [1.54, 1.807) is 4.68 Å². The number of anilines is 1. The summed E-state index contributed by atoms with van der Waals surface area (Å²) in [5.41, 5.74) is 2.70. The van der Waals surface area contributed by atoms with Crippen LogP contribution in [0.15, 0.2) is 30.3 Å². The second kappa shape index (κ2) is 17.4. The molecule has 0 fully saturated rings. The molecule has 0 radical (unpaired) electrons. The second-order valence-corrected chi connectivity index (χ2v) is 4.70. The molecule has 25 heavy (non-hydrogen) atoms. The largest absolute Gasteiger partial charge is 0.326 e. The fourth-order valence-electron chi connectivity index (χ4n) is 1.98. The van der Waals surface area contributed by atoms with Gasteiger partial charge in [0.1, 0.15) is 0 Å². The first kappa shape index (κ1) is 29.7. The number of nitrogens with one attached hydrogen (secondary N) is 1. The van der Waals surface area contributed by atoms with Gasteiger partial charge < -0.3 is 5.32 Å². The summed E-state index contributed by atoms with van der Waals surface area (Å²) in [6.07, 6.45) is 0.397. The molecule has 0 aliphatic heterocycles. The Kier molecular flexibility index (Phi) is 20.6. The molecule has 0 saturated carbocycles. The number of carbonyl (C=O) groups is 1. The molecule has 0 bridgehead atoms. The predicted octanol–water partition coefficient (Wildman–Crippen LogP) is 4.31. The molecule has 0 saturated heterocycles. The Labute approximate surface area is 199 Å². The average Bonchev–Trinajstić information content (AvgIpc) is 2.91. The fourth-order valence-corrected chi connectivity index (χ4v) is 1.98. The SMILES string of the molecule is CC.CC.Cc1c([C@@H](C)CC(=O)Nc2ccccc2)nnn1C.[U].[U]. The number of aromatic nitrogens is 3. The molecule has 0 unspecified atom stereocenters. The minimum Gasteiger partial charge on any atom is -0.326 e. The summed E-state index contributed by atoms with van der Waals surface area (Å²) in [6, 6.07) is 9.45. The number of amides is 1. The number of hydrogen-bond acceptors (Lipinski definition) is 3. The van der Waals surface area contributed by atoms with Gasteiger partial charge in [-0.3, -0.25) is 9.48 Å². The van der Waals surface area contributed by atoms with Gasteiger partial charge in [0.2, 0.25) is 5.91 Å². The van der Waals surface area contributed by atoms with Crippen molar-refractivity contribution >= 4 is 11.6 Å².